The smallest absolute Gasteiger partial charge is 0.255 e. The second-order valence-corrected chi connectivity index (χ2v) is 7.37. The number of rotatable bonds is 4. The monoisotopic (exact) mass is 381 g/mol. The number of hydrogen-bond acceptors (Lipinski definition) is 5. The van der Waals surface area contributed by atoms with E-state index in [-0.39, 0.29) is 18.6 Å². The molecule has 1 amide bonds. The van der Waals surface area contributed by atoms with Crippen LogP contribution in [0.3, 0.4) is 0 Å². The normalized spacial score (nSPS) is 20.5. The van der Waals surface area contributed by atoms with E-state index in [1.54, 1.807) is 24.4 Å². The molecule has 2 aromatic heterocycles. The van der Waals surface area contributed by atoms with Crippen LogP contribution in [0, 0.1) is 0 Å². The van der Waals surface area contributed by atoms with Crippen molar-refractivity contribution in [3.8, 4) is 5.75 Å². The molecular weight excluding hydrogens is 361 g/mol. The molecule has 3 aromatic rings. The average Bonchev–Trinajstić information content (AvgIpc) is 3.03. The fourth-order valence-corrected chi connectivity index (χ4v) is 3.66. The summed E-state index contributed by atoms with van der Waals surface area (Å²) in [5, 5.41) is 6.69. The number of amides is 1. The second kappa shape index (κ2) is 6.47. The Morgan fingerprint density at radius 1 is 1.32 bits per heavy atom. The summed E-state index contributed by atoms with van der Waals surface area (Å²) in [4.78, 5) is 24.2. The highest BCUT2D eigenvalue weighted by atomic mass is 19.1. The molecule has 1 aliphatic carbocycles. The Bertz CT molecular complexity index is 1050. The van der Waals surface area contributed by atoms with Crippen molar-refractivity contribution < 1.29 is 13.9 Å². The minimum atomic E-state index is -1.14. The van der Waals surface area contributed by atoms with Crippen molar-refractivity contribution in [3.05, 3.63) is 47.8 Å². The van der Waals surface area contributed by atoms with Crippen LogP contribution in [0.25, 0.3) is 11.0 Å². The molecule has 0 spiro atoms. The summed E-state index contributed by atoms with van der Waals surface area (Å²) in [6.45, 7) is 0.561. The SMILES string of the molecule is O=C1NCC(c2c[nH]c3nc(NCC4(F)CCC4)ncc23)Oc2ccccc21. The molecule has 1 saturated carbocycles. The van der Waals surface area contributed by atoms with Crippen LogP contribution >= 0.6 is 0 Å². The van der Waals surface area contributed by atoms with Gasteiger partial charge >= 0.3 is 0 Å². The molecular formula is C20H20FN5O2. The van der Waals surface area contributed by atoms with E-state index >= 15 is 0 Å². The molecule has 1 aromatic carbocycles. The zero-order valence-electron chi connectivity index (χ0n) is 15.2. The molecule has 0 saturated heterocycles. The van der Waals surface area contributed by atoms with E-state index in [9.17, 15) is 9.18 Å². The van der Waals surface area contributed by atoms with Crippen molar-refractivity contribution in [1.82, 2.24) is 20.3 Å². The number of benzene rings is 1. The highest BCUT2D eigenvalue weighted by molar-refractivity contribution is 5.97. The predicted molar refractivity (Wildman–Crippen MR) is 102 cm³/mol. The summed E-state index contributed by atoms with van der Waals surface area (Å²) in [7, 11) is 0. The van der Waals surface area contributed by atoms with Crippen molar-refractivity contribution in [1.29, 1.82) is 0 Å². The maximum Gasteiger partial charge on any atom is 0.255 e. The Morgan fingerprint density at radius 3 is 3.00 bits per heavy atom. The van der Waals surface area contributed by atoms with E-state index in [2.05, 4.69) is 25.6 Å². The fraction of sp³-hybridized carbons (Fsp3) is 0.350. The van der Waals surface area contributed by atoms with Crippen LogP contribution in [-0.2, 0) is 0 Å². The number of fused-ring (bicyclic) bond motifs is 2. The number of anilines is 1. The Balaban J connectivity index is 1.40. The molecule has 3 N–H and O–H groups in total. The van der Waals surface area contributed by atoms with E-state index in [1.165, 1.54) is 0 Å². The maximum atomic E-state index is 14.2. The minimum Gasteiger partial charge on any atom is -0.483 e. The van der Waals surface area contributed by atoms with E-state index in [0.29, 0.717) is 42.3 Å². The van der Waals surface area contributed by atoms with Gasteiger partial charge in [-0.3, -0.25) is 4.79 Å². The first kappa shape index (κ1) is 17.0. The van der Waals surface area contributed by atoms with Gasteiger partial charge in [0.05, 0.1) is 18.7 Å². The van der Waals surface area contributed by atoms with Crippen LogP contribution in [0.5, 0.6) is 5.75 Å². The molecule has 28 heavy (non-hydrogen) atoms. The standard InChI is InChI=1S/C20H20FN5O2/c21-20(6-3-7-20)11-25-19-24-9-14-13(8-22-17(14)26-19)16-10-23-18(27)12-4-1-2-5-15(12)28-16/h1-2,4-5,8-9,16H,3,6-7,10-11H2,(H,23,27)(H2,22,24,25,26). The van der Waals surface area contributed by atoms with E-state index in [1.807, 2.05) is 12.3 Å². The molecule has 5 rings (SSSR count). The number of halogens is 1. The summed E-state index contributed by atoms with van der Waals surface area (Å²) in [6, 6.07) is 7.17. The number of carbonyl (C=O) groups is 1. The van der Waals surface area contributed by atoms with Crippen LogP contribution in [0.1, 0.15) is 41.3 Å². The highest BCUT2D eigenvalue weighted by Crippen LogP contribution is 2.36. The molecule has 1 aliphatic heterocycles. The van der Waals surface area contributed by atoms with E-state index < -0.39 is 5.67 Å². The second-order valence-electron chi connectivity index (χ2n) is 7.37. The molecule has 0 bridgehead atoms. The molecule has 2 aliphatic rings. The average molecular weight is 381 g/mol. The quantitative estimate of drug-likeness (QED) is 0.646. The Kier molecular flexibility index (Phi) is 3.92. The molecule has 3 heterocycles. The summed E-state index contributed by atoms with van der Waals surface area (Å²) >= 11 is 0. The third-order valence-electron chi connectivity index (χ3n) is 5.47. The predicted octanol–water partition coefficient (Wildman–Crippen LogP) is 3.13. The molecule has 8 heteroatoms. The van der Waals surface area contributed by atoms with Crippen LogP contribution in [0.15, 0.2) is 36.7 Å². The lowest BCUT2D eigenvalue weighted by molar-refractivity contribution is 0.0782. The Labute approximate surface area is 160 Å². The first-order chi connectivity index (χ1) is 13.6. The van der Waals surface area contributed by atoms with Crippen LogP contribution in [0.2, 0.25) is 0 Å². The van der Waals surface area contributed by atoms with Crippen molar-refractivity contribution >= 4 is 22.9 Å². The number of carbonyl (C=O) groups excluding carboxylic acids is 1. The van der Waals surface area contributed by atoms with Crippen LogP contribution < -0.4 is 15.4 Å². The molecule has 144 valence electrons. The first-order valence-corrected chi connectivity index (χ1v) is 9.42. The van der Waals surface area contributed by atoms with Crippen LogP contribution in [-0.4, -0.2) is 39.6 Å². The van der Waals surface area contributed by atoms with E-state index in [0.717, 1.165) is 17.4 Å². The number of para-hydroxylation sites is 1. The number of hydrogen-bond donors (Lipinski definition) is 3. The third kappa shape index (κ3) is 2.94. The molecule has 0 radical (unpaired) electrons. The minimum absolute atomic E-state index is 0.156. The number of aromatic amines is 1. The van der Waals surface area contributed by atoms with Gasteiger partial charge in [-0.25, -0.2) is 9.37 Å². The summed E-state index contributed by atoms with van der Waals surface area (Å²) in [5.41, 5.74) is 0.878. The maximum absolute atomic E-state index is 14.2. The van der Waals surface area contributed by atoms with E-state index in [4.69, 9.17) is 4.74 Å². The van der Waals surface area contributed by atoms with Gasteiger partial charge in [0.1, 0.15) is 23.2 Å². The van der Waals surface area contributed by atoms with Crippen molar-refractivity contribution in [3.63, 3.8) is 0 Å². The fourth-order valence-electron chi connectivity index (χ4n) is 3.66. The van der Waals surface area contributed by atoms with Crippen molar-refractivity contribution in [2.24, 2.45) is 0 Å². The number of ether oxygens (including phenoxy) is 1. The number of alkyl halides is 1. The first-order valence-electron chi connectivity index (χ1n) is 9.42. The van der Waals surface area contributed by atoms with Gasteiger partial charge in [0, 0.05) is 23.3 Å². The number of nitrogens with zero attached hydrogens (tertiary/aromatic N) is 2. The molecule has 1 unspecified atom stereocenters. The van der Waals surface area contributed by atoms with Gasteiger partial charge in [-0.2, -0.15) is 4.98 Å². The van der Waals surface area contributed by atoms with Gasteiger partial charge < -0.3 is 20.4 Å². The highest BCUT2D eigenvalue weighted by Gasteiger charge is 2.36. The lowest BCUT2D eigenvalue weighted by Gasteiger charge is -2.33. The molecule has 1 atom stereocenters. The zero-order valence-corrected chi connectivity index (χ0v) is 15.2. The Hall–Kier alpha value is -3.16. The third-order valence-corrected chi connectivity index (χ3v) is 5.47. The van der Waals surface area contributed by atoms with Gasteiger partial charge in [0.15, 0.2) is 0 Å². The van der Waals surface area contributed by atoms with Gasteiger partial charge in [-0.05, 0) is 31.4 Å². The number of nitrogens with one attached hydrogen (secondary N) is 3. The summed E-state index contributed by atoms with van der Waals surface area (Å²) in [5.74, 6) is 0.784. The Morgan fingerprint density at radius 2 is 2.18 bits per heavy atom. The topological polar surface area (TPSA) is 91.9 Å². The van der Waals surface area contributed by atoms with Gasteiger partial charge in [-0.15, -0.1) is 0 Å². The van der Waals surface area contributed by atoms with Gasteiger partial charge in [0.25, 0.3) is 5.91 Å². The lowest BCUT2D eigenvalue weighted by atomic mass is 9.82. The summed E-state index contributed by atoms with van der Waals surface area (Å²) < 4.78 is 20.3. The lowest BCUT2D eigenvalue weighted by Crippen LogP contribution is -2.39. The van der Waals surface area contributed by atoms with Crippen molar-refractivity contribution in [2.45, 2.75) is 31.0 Å². The molecule has 1 fully saturated rings. The van der Waals surface area contributed by atoms with Gasteiger partial charge in [0.2, 0.25) is 5.95 Å². The zero-order chi connectivity index (χ0) is 19.1. The number of H-pyrrole nitrogens is 1. The molecule has 7 nitrogen and oxygen atoms in total. The van der Waals surface area contributed by atoms with Crippen LogP contribution in [0.4, 0.5) is 10.3 Å². The van der Waals surface area contributed by atoms with Gasteiger partial charge in [-0.1, -0.05) is 12.1 Å². The number of aromatic nitrogens is 3. The van der Waals surface area contributed by atoms with Crippen molar-refractivity contribution in [2.75, 3.05) is 18.4 Å². The summed E-state index contributed by atoms with van der Waals surface area (Å²) in [6.07, 6.45) is 5.25. The largest absolute Gasteiger partial charge is 0.483 e.